The molecule has 3 rings (SSSR count). The third kappa shape index (κ3) is 3.13. The van der Waals surface area contributed by atoms with Crippen molar-refractivity contribution in [3.8, 4) is 0 Å². The van der Waals surface area contributed by atoms with Gasteiger partial charge in [-0.25, -0.2) is 15.0 Å². The van der Waals surface area contributed by atoms with E-state index in [4.69, 9.17) is 0 Å². The van der Waals surface area contributed by atoms with Gasteiger partial charge in [0.2, 0.25) is 0 Å². The van der Waals surface area contributed by atoms with Crippen molar-refractivity contribution in [1.29, 1.82) is 0 Å². The molecule has 0 atom stereocenters. The van der Waals surface area contributed by atoms with E-state index in [1.54, 1.807) is 17.7 Å². The number of rotatable bonds is 3. The van der Waals surface area contributed by atoms with Gasteiger partial charge in [-0.1, -0.05) is 0 Å². The van der Waals surface area contributed by atoms with Crippen LogP contribution in [-0.4, -0.2) is 46.0 Å². The van der Waals surface area contributed by atoms with E-state index in [0.717, 1.165) is 49.2 Å². The molecule has 0 aliphatic carbocycles. The Balaban J connectivity index is 1.57. The Hall–Kier alpha value is -1.53. The highest BCUT2D eigenvalue weighted by molar-refractivity contribution is 7.09. The molecule has 106 valence electrons. The summed E-state index contributed by atoms with van der Waals surface area (Å²) >= 11 is 1.73. The maximum Gasteiger partial charge on any atom is 0.132 e. The van der Waals surface area contributed by atoms with E-state index < -0.39 is 0 Å². The summed E-state index contributed by atoms with van der Waals surface area (Å²) in [4.78, 5) is 17.8. The summed E-state index contributed by atoms with van der Waals surface area (Å²) in [7, 11) is 0. The SMILES string of the molecule is Cc1cc(N2CCN(Cc3csc(C)n3)CC2)ncn1. The molecule has 6 heteroatoms. The molecule has 0 bridgehead atoms. The Morgan fingerprint density at radius 3 is 2.60 bits per heavy atom. The number of thiazole rings is 1. The first-order valence-electron chi connectivity index (χ1n) is 6.87. The molecule has 1 saturated heterocycles. The van der Waals surface area contributed by atoms with Crippen LogP contribution in [0.1, 0.15) is 16.4 Å². The summed E-state index contributed by atoms with van der Waals surface area (Å²) in [5.74, 6) is 1.04. The van der Waals surface area contributed by atoms with Crippen molar-refractivity contribution >= 4 is 17.2 Å². The van der Waals surface area contributed by atoms with Gasteiger partial charge in [-0.2, -0.15) is 0 Å². The largest absolute Gasteiger partial charge is 0.354 e. The molecule has 20 heavy (non-hydrogen) atoms. The summed E-state index contributed by atoms with van der Waals surface area (Å²) in [6, 6.07) is 2.06. The molecule has 2 aromatic heterocycles. The van der Waals surface area contributed by atoms with Gasteiger partial charge in [-0.05, 0) is 13.8 Å². The smallest absolute Gasteiger partial charge is 0.132 e. The first-order valence-corrected chi connectivity index (χ1v) is 7.75. The van der Waals surface area contributed by atoms with Crippen LogP contribution in [0.2, 0.25) is 0 Å². The summed E-state index contributed by atoms with van der Waals surface area (Å²) in [6.45, 7) is 9.16. The molecule has 0 spiro atoms. The molecule has 2 aromatic rings. The highest BCUT2D eigenvalue weighted by Gasteiger charge is 2.18. The minimum Gasteiger partial charge on any atom is -0.354 e. The molecule has 0 aromatic carbocycles. The van der Waals surface area contributed by atoms with Gasteiger partial charge < -0.3 is 4.90 Å². The molecule has 0 amide bonds. The lowest BCUT2D eigenvalue weighted by Gasteiger charge is -2.35. The van der Waals surface area contributed by atoms with E-state index in [9.17, 15) is 0 Å². The third-order valence-corrected chi connectivity index (χ3v) is 4.36. The van der Waals surface area contributed by atoms with Crippen molar-refractivity contribution in [2.24, 2.45) is 0 Å². The lowest BCUT2D eigenvalue weighted by atomic mass is 10.3. The summed E-state index contributed by atoms with van der Waals surface area (Å²) < 4.78 is 0. The van der Waals surface area contributed by atoms with E-state index in [1.165, 1.54) is 5.69 Å². The fourth-order valence-corrected chi connectivity index (χ4v) is 3.06. The Labute approximate surface area is 123 Å². The van der Waals surface area contributed by atoms with Gasteiger partial charge in [0.1, 0.15) is 12.1 Å². The Kier molecular flexibility index (Phi) is 3.93. The number of hydrogen-bond donors (Lipinski definition) is 0. The van der Waals surface area contributed by atoms with E-state index in [2.05, 4.69) is 43.1 Å². The van der Waals surface area contributed by atoms with Crippen molar-refractivity contribution in [3.05, 3.63) is 34.2 Å². The van der Waals surface area contributed by atoms with Crippen LogP contribution >= 0.6 is 11.3 Å². The van der Waals surface area contributed by atoms with Gasteiger partial charge in [-0.3, -0.25) is 4.90 Å². The van der Waals surface area contributed by atoms with Crippen LogP contribution in [0.25, 0.3) is 0 Å². The topological polar surface area (TPSA) is 45.2 Å². The summed E-state index contributed by atoms with van der Waals surface area (Å²) in [5, 5.41) is 3.31. The molecular weight excluding hydrogens is 270 g/mol. The average molecular weight is 289 g/mol. The number of aryl methyl sites for hydroxylation is 2. The minimum atomic E-state index is 0.959. The first-order chi connectivity index (χ1) is 9.70. The lowest BCUT2D eigenvalue weighted by molar-refractivity contribution is 0.247. The second kappa shape index (κ2) is 5.85. The minimum absolute atomic E-state index is 0.959. The zero-order chi connectivity index (χ0) is 13.9. The molecule has 5 nitrogen and oxygen atoms in total. The van der Waals surface area contributed by atoms with Crippen LogP contribution in [0.4, 0.5) is 5.82 Å². The Bertz CT molecular complexity index is 574. The van der Waals surface area contributed by atoms with Crippen molar-refractivity contribution in [2.75, 3.05) is 31.1 Å². The molecule has 0 radical (unpaired) electrons. The van der Waals surface area contributed by atoms with Crippen LogP contribution < -0.4 is 4.90 Å². The van der Waals surface area contributed by atoms with Crippen molar-refractivity contribution < 1.29 is 0 Å². The molecule has 3 heterocycles. The Morgan fingerprint density at radius 1 is 1.15 bits per heavy atom. The zero-order valence-corrected chi connectivity index (χ0v) is 12.7. The second-order valence-corrected chi connectivity index (χ2v) is 6.20. The van der Waals surface area contributed by atoms with Crippen molar-refractivity contribution in [3.63, 3.8) is 0 Å². The van der Waals surface area contributed by atoms with Gasteiger partial charge in [0.05, 0.1) is 10.7 Å². The zero-order valence-electron chi connectivity index (χ0n) is 11.9. The quantitative estimate of drug-likeness (QED) is 0.863. The highest BCUT2D eigenvalue weighted by Crippen LogP contribution is 2.16. The number of hydrogen-bond acceptors (Lipinski definition) is 6. The predicted octanol–water partition coefficient (Wildman–Crippen LogP) is 1.87. The average Bonchev–Trinajstić information content (AvgIpc) is 2.85. The van der Waals surface area contributed by atoms with Crippen LogP contribution in [-0.2, 0) is 6.54 Å². The predicted molar refractivity (Wildman–Crippen MR) is 81.1 cm³/mol. The van der Waals surface area contributed by atoms with Gasteiger partial charge >= 0.3 is 0 Å². The van der Waals surface area contributed by atoms with Crippen LogP contribution in [0.3, 0.4) is 0 Å². The molecule has 0 N–H and O–H groups in total. The molecule has 1 aliphatic heterocycles. The normalized spacial score (nSPS) is 16.6. The monoisotopic (exact) mass is 289 g/mol. The maximum atomic E-state index is 4.54. The second-order valence-electron chi connectivity index (χ2n) is 5.14. The molecule has 0 unspecified atom stereocenters. The van der Waals surface area contributed by atoms with Crippen LogP contribution in [0, 0.1) is 13.8 Å². The third-order valence-electron chi connectivity index (χ3n) is 3.54. The standard InChI is InChI=1S/C14H19N5S/c1-11-7-14(16-10-15-11)19-5-3-18(4-6-19)8-13-9-20-12(2)17-13/h7,9-10H,3-6,8H2,1-2H3. The number of aromatic nitrogens is 3. The summed E-state index contributed by atoms with van der Waals surface area (Å²) in [5.41, 5.74) is 2.22. The summed E-state index contributed by atoms with van der Waals surface area (Å²) in [6.07, 6.45) is 1.65. The van der Waals surface area contributed by atoms with Crippen LogP contribution in [0.5, 0.6) is 0 Å². The Morgan fingerprint density at radius 2 is 1.95 bits per heavy atom. The van der Waals surface area contributed by atoms with E-state index in [1.807, 2.05) is 6.92 Å². The molecule has 1 aliphatic rings. The van der Waals surface area contributed by atoms with E-state index >= 15 is 0 Å². The highest BCUT2D eigenvalue weighted by atomic mass is 32.1. The first kappa shape index (κ1) is 13.5. The fraction of sp³-hybridized carbons (Fsp3) is 0.500. The molecule has 1 fully saturated rings. The van der Waals surface area contributed by atoms with E-state index in [0.29, 0.717) is 0 Å². The van der Waals surface area contributed by atoms with Crippen LogP contribution in [0.15, 0.2) is 17.8 Å². The van der Waals surface area contributed by atoms with E-state index in [-0.39, 0.29) is 0 Å². The fourth-order valence-electron chi connectivity index (χ4n) is 2.46. The van der Waals surface area contributed by atoms with Crippen molar-refractivity contribution in [2.45, 2.75) is 20.4 Å². The van der Waals surface area contributed by atoms with Gasteiger partial charge in [0.25, 0.3) is 0 Å². The van der Waals surface area contributed by atoms with Gasteiger partial charge in [0, 0.05) is 49.9 Å². The number of piperazine rings is 1. The van der Waals surface area contributed by atoms with Gasteiger partial charge in [0.15, 0.2) is 0 Å². The lowest BCUT2D eigenvalue weighted by Crippen LogP contribution is -2.46. The molecule has 0 saturated carbocycles. The maximum absolute atomic E-state index is 4.54. The number of anilines is 1. The van der Waals surface area contributed by atoms with Crippen molar-refractivity contribution in [1.82, 2.24) is 19.9 Å². The molecular formula is C14H19N5S. The van der Waals surface area contributed by atoms with Gasteiger partial charge in [-0.15, -0.1) is 11.3 Å². The number of nitrogens with zero attached hydrogens (tertiary/aromatic N) is 5.